The van der Waals surface area contributed by atoms with Gasteiger partial charge in [-0.05, 0) is 68.1 Å². The van der Waals surface area contributed by atoms with Crippen LogP contribution in [0.2, 0.25) is 0 Å². The zero-order valence-electron chi connectivity index (χ0n) is 19.8. The fourth-order valence-corrected chi connectivity index (χ4v) is 4.97. The molecule has 2 aliphatic rings. The minimum Gasteiger partial charge on any atom is -0.481 e. The Hall–Kier alpha value is -2.97. The summed E-state index contributed by atoms with van der Waals surface area (Å²) in [7, 11) is 0. The first kappa shape index (κ1) is 25.1. The number of H-pyrrole nitrogens is 1. The van der Waals surface area contributed by atoms with Crippen LogP contribution in [-0.2, 0) is 16.0 Å². The number of aliphatic hydroxyl groups excluding tert-OH is 2. The fourth-order valence-electron chi connectivity index (χ4n) is 4.97. The summed E-state index contributed by atoms with van der Waals surface area (Å²) in [4.78, 5) is 38.2. The van der Waals surface area contributed by atoms with Crippen LogP contribution < -0.4 is 10.9 Å². The lowest BCUT2D eigenvalue weighted by Crippen LogP contribution is -2.28. The van der Waals surface area contributed by atoms with Gasteiger partial charge in [-0.2, -0.15) is 0 Å². The zero-order valence-corrected chi connectivity index (χ0v) is 19.8. The number of carbonyl (C=O) groups is 2. The second-order valence-electron chi connectivity index (χ2n) is 9.99. The lowest BCUT2D eigenvalue weighted by molar-refractivity contribution is -0.139. The smallest absolute Gasteiger partial charge is 0.305 e. The van der Waals surface area contributed by atoms with Crippen molar-refractivity contribution >= 4 is 11.9 Å². The standard InChI is InChI=1S/C27H34N2O6/c30-20(14-21(31)15-26(33)34)9-3-16-1-4-18(5-2-16)23(13-19-8-12-25(32)28-19)24-11-10-22(17-6-7-17)27(35)29-24/h1-2,4-5,10-11,17,19-21,23,30-31H,3,6-9,12-15H2,(H,28,32)(H,29,35)(H,33,34)/t19-,20-,21-,23?/m1/s1. The number of aliphatic carboxylic acids is 1. The van der Waals surface area contributed by atoms with Gasteiger partial charge < -0.3 is 25.6 Å². The third kappa shape index (κ3) is 7.02. The first-order chi connectivity index (χ1) is 16.8. The Morgan fingerprint density at radius 3 is 2.34 bits per heavy atom. The van der Waals surface area contributed by atoms with Gasteiger partial charge in [0.2, 0.25) is 5.91 Å². The van der Waals surface area contributed by atoms with Gasteiger partial charge in [0.15, 0.2) is 0 Å². The van der Waals surface area contributed by atoms with Gasteiger partial charge >= 0.3 is 5.97 Å². The van der Waals surface area contributed by atoms with Crippen LogP contribution in [-0.4, -0.2) is 50.4 Å². The molecule has 1 unspecified atom stereocenters. The summed E-state index contributed by atoms with van der Waals surface area (Å²) in [5.41, 5.74) is 3.73. The predicted octanol–water partition coefficient (Wildman–Crippen LogP) is 2.57. The van der Waals surface area contributed by atoms with E-state index >= 15 is 0 Å². The Bertz CT molecular complexity index is 1090. The second kappa shape index (κ2) is 11.2. The molecule has 2 fully saturated rings. The Morgan fingerprint density at radius 1 is 1.00 bits per heavy atom. The van der Waals surface area contributed by atoms with E-state index in [0.717, 1.165) is 41.6 Å². The number of pyridine rings is 1. The minimum atomic E-state index is -1.09. The number of aromatic amines is 1. The topological polar surface area (TPSA) is 140 Å². The molecule has 188 valence electrons. The lowest BCUT2D eigenvalue weighted by Gasteiger charge is -2.22. The molecular weight excluding hydrogens is 448 g/mol. The highest BCUT2D eigenvalue weighted by molar-refractivity contribution is 5.78. The van der Waals surface area contributed by atoms with Crippen LogP contribution in [0.1, 0.15) is 85.6 Å². The molecule has 1 saturated heterocycles. The third-order valence-electron chi connectivity index (χ3n) is 7.06. The van der Waals surface area contributed by atoms with Crippen molar-refractivity contribution in [3.05, 3.63) is 69.1 Å². The van der Waals surface area contributed by atoms with Gasteiger partial charge in [-0.15, -0.1) is 0 Å². The number of carbonyl (C=O) groups excluding carboxylic acids is 1. The van der Waals surface area contributed by atoms with Crippen LogP contribution in [0.5, 0.6) is 0 Å². The van der Waals surface area contributed by atoms with Crippen molar-refractivity contribution in [2.75, 3.05) is 0 Å². The third-order valence-corrected chi connectivity index (χ3v) is 7.06. The average Bonchev–Trinajstić information content (AvgIpc) is 3.56. The monoisotopic (exact) mass is 482 g/mol. The number of amides is 1. The minimum absolute atomic E-state index is 0.0267. The summed E-state index contributed by atoms with van der Waals surface area (Å²) in [6, 6.07) is 12.0. The average molecular weight is 483 g/mol. The van der Waals surface area contributed by atoms with Gasteiger partial charge in [-0.25, -0.2) is 0 Å². The normalized spacial score (nSPS) is 20.3. The number of nitrogens with one attached hydrogen (secondary N) is 2. The molecule has 5 N–H and O–H groups in total. The number of hydrogen-bond donors (Lipinski definition) is 5. The number of hydrogen-bond acceptors (Lipinski definition) is 5. The largest absolute Gasteiger partial charge is 0.481 e. The van der Waals surface area contributed by atoms with E-state index in [1.165, 1.54) is 0 Å². The molecule has 4 rings (SSSR count). The van der Waals surface area contributed by atoms with E-state index in [1.807, 2.05) is 36.4 Å². The first-order valence-corrected chi connectivity index (χ1v) is 12.5. The molecule has 8 heteroatoms. The number of aryl methyl sites for hydroxylation is 1. The molecule has 1 aliphatic heterocycles. The Morgan fingerprint density at radius 2 is 1.74 bits per heavy atom. The van der Waals surface area contributed by atoms with E-state index in [-0.39, 0.29) is 36.3 Å². The Balaban J connectivity index is 1.44. The van der Waals surface area contributed by atoms with Gasteiger partial charge in [0, 0.05) is 29.6 Å². The Kier molecular flexibility index (Phi) is 8.03. The highest BCUT2D eigenvalue weighted by Crippen LogP contribution is 2.38. The highest BCUT2D eigenvalue weighted by Gasteiger charge is 2.29. The van der Waals surface area contributed by atoms with Crippen molar-refractivity contribution in [3.63, 3.8) is 0 Å². The summed E-state index contributed by atoms with van der Waals surface area (Å²) in [5, 5.41) is 31.6. The van der Waals surface area contributed by atoms with E-state index in [9.17, 15) is 24.6 Å². The maximum Gasteiger partial charge on any atom is 0.305 e. The molecule has 2 heterocycles. The van der Waals surface area contributed by atoms with Crippen LogP contribution in [0.25, 0.3) is 0 Å². The van der Waals surface area contributed by atoms with Gasteiger partial charge in [-0.1, -0.05) is 30.3 Å². The number of carboxylic acid groups (broad SMARTS) is 1. The van der Waals surface area contributed by atoms with E-state index < -0.39 is 18.2 Å². The maximum atomic E-state index is 12.7. The number of benzene rings is 1. The van der Waals surface area contributed by atoms with Crippen LogP contribution in [0.3, 0.4) is 0 Å². The van der Waals surface area contributed by atoms with Gasteiger partial charge in [0.05, 0.1) is 18.6 Å². The molecule has 0 bridgehead atoms. The highest BCUT2D eigenvalue weighted by atomic mass is 16.4. The van der Waals surface area contributed by atoms with Crippen molar-refractivity contribution in [1.29, 1.82) is 0 Å². The number of aromatic nitrogens is 1. The van der Waals surface area contributed by atoms with E-state index in [2.05, 4.69) is 10.3 Å². The van der Waals surface area contributed by atoms with Crippen molar-refractivity contribution in [2.24, 2.45) is 0 Å². The van der Waals surface area contributed by atoms with Crippen LogP contribution in [0.15, 0.2) is 41.2 Å². The summed E-state index contributed by atoms with van der Waals surface area (Å²) >= 11 is 0. The molecule has 0 radical (unpaired) electrons. The van der Waals surface area contributed by atoms with E-state index in [0.29, 0.717) is 31.6 Å². The molecule has 4 atom stereocenters. The van der Waals surface area contributed by atoms with Gasteiger partial charge in [0.25, 0.3) is 5.56 Å². The number of carboxylic acids is 1. The summed E-state index contributed by atoms with van der Waals surface area (Å²) in [5.74, 6) is -0.713. The van der Waals surface area contributed by atoms with Crippen molar-refractivity contribution in [2.45, 2.75) is 87.9 Å². The van der Waals surface area contributed by atoms with E-state index in [4.69, 9.17) is 5.11 Å². The molecule has 2 aromatic rings. The lowest BCUT2D eigenvalue weighted by atomic mass is 9.87. The molecule has 1 saturated carbocycles. The molecule has 35 heavy (non-hydrogen) atoms. The molecule has 1 aromatic carbocycles. The summed E-state index contributed by atoms with van der Waals surface area (Å²) < 4.78 is 0. The van der Waals surface area contributed by atoms with E-state index in [1.54, 1.807) is 0 Å². The summed E-state index contributed by atoms with van der Waals surface area (Å²) in [6.45, 7) is 0. The maximum absolute atomic E-state index is 12.7. The van der Waals surface area contributed by atoms with Crippen molar-refractivity contribution < 1.29 is 24.9 Å². The van der Waals surface area contributed by atoms with Gasteiger partial charge in [0.1, 0.15) is 0 Å². The quantitative estimate of drug-likeness (QED) is 0.315. The first-order valence-electron chi connectivity index (χ1n) is 12.5. The molecule has 1 amide bonds. The molecular formula is C27H34N2O6. The molecule has 8 nitrogen and oxygen atoms in total. The van der Waals surface area contributed by atoms with Crippen LogP contribution >= 0.6 is 0 Å². The molecule has 0 spiro atoms. The molecule has 1 aromatic heterocycles. The Labute approximate surface area is 204 Å². The second-order valence-corrected chi connectivity index (χ2v) is 9.99. The number of aliphatic hydroxyl groups is 2. The fraction of sp³-hybridized carbons (Fsp3) is 0.519. The van der Waals surface area contributed by atoms with Gasteiger partial charge in [-0.3, -0.25) is 14.4 Å². The zero-order chi connectivity index (χ0) is 24.9. The van der Waals surface area contributed by atoms with Crippen molar-refractivity contribution in [1.82, 2.24) is 10.3 Å². The van der Waals surface area contributed by atoms with Crippen LogP contribution in [0.4, 0.5) is 0 Å². The number of rotatable bonds is 12. The summed E-state index contributed by atoms with van der Waals surface area (Å²) in [6.07, 6.45) is 2.96. The SMILES string of the molecule is O=C(O)C[C@H](O)C[C@H](O)CCc1ccc(C(C[C@H]2CCC(=O)N2)c2ccc(C3CC3)c(=O)[nH]2)cc1. The van der Waals surface area contributed by atoms with Crippen molar-refractivity contribution in [3.8, 4) is 0 Å². The predicted molar refractivity (Wildman–Crippen MR) is 130 cm³/mol. The van der Waals surface area contributed by atoms with Crippen LogP contribution in [0, 0.1) is 0 Å². The molecule has 1 aliphatic carbocycles.